The van der Waals surface area contributed by atoms with Crippen LogP contribution < -0.4 is 5.32 Å². The predicted octanol–water partition coefficient (Wildman–Crippen LogP) is 5.27. The molecule has 0 spiro atoms. The molecular formula is C24H21ClFN5O2. The number of nitrogens with zero attached hydrogens (tertiary/aromatic N) is 3. The molecule has 3 heterocycles. The Hall–Kier alpha value is -3.26. The van der Waals surface area contributed by atoms with Gasteiger partial charge in [-0.3, -0.25) is 4.79 Å². The number of aromatic nitrogens is 4. The Morgan fingerprint density at radius 3 is 2.73 bits per heavy atom. The Bertz CT molecular complexity index is 1400. The summed E-state index contributed by atoms with van der Waals surface area (Å²) in [4.78, 5) is 28.7. The van der Waals surface area contributed by atoms with E-state index in [0.717, 1.165) is 37.3 Å². The van der Waals surface area contributed by atoms with E-state index in [4.69, 9.17) is 16.6 Å². The molecule has 33 heavy (non-hydrogen) atoms. The number of hydrogen-bond donors (Lipinski definition) is 3. The number of rotatable bonds is 4. The molecule has 3 fully saturated rings. The fourth-order valence-corrected chi connectivity index (χ4v) is 5.90. The lowest BCUT2D eigenvalue weighted by Gasteiger charge is -2.47. The maximum absolute atomic E-state index is 13.9. The van der Waals surface area contributed by atoms with Crippen molar-refractivity contribution in [2.24, 2.45) is 17.8 Å². The minimum atomic E-state index is -0.767. The zero-order chi connectivity index (χ0) is 22.7. The van der Waals surface area contributed by atoms with E-state index in [9.17, 15) is 14.3 Å². The number of halogens is 2. The summed E-state index contributed by atoms with van der Waals surface area (Å²) in [6.07, 6.45) is 6.77. The maximum Gasteiger partial charge on any atom is 0.308 e. The second-order valence-electron chi connectivity index (χ2n) is 8.99. The van der Waals surface area contributed by atoms with Crippen LogP contribution >= 0.6 is 11.6 Å². The monoisotopic (exact) mass is 465 g/mol. The third-order valence-electron chi connectivity index (χ3n) is 7.22. The van der Waals surface area contributed by atoms with E-state index in [1.807, 2.05) is 12.1 Å². The fraction of sp³-hybridized carbons (Fsp3) is 0.333. The van der Waals surface area contributed by atoms with Crippen LogP contribution in [0.4, 0.5) is 10.2 Å². The van der Waals surface area contributed by atoms with Crippen LogP contribution in [0.3, 0.4) is 0 Å². The summed E-state index contributed by atoms with van der Waals surface area (Å²) in [5.74, 6) is -0.333. The number of benzene rings is 1. The third kappa shape index (κ3) is 3.31. The smallest absolute Gasteiger partial charge is 0.308 e. The van der Waals surface area contributed by atoms with Crippen molar-refractivity contribution in [3.05, 3.63) is 47.5 Å². The van der Waals surface area contributed by atoms with Crippen molar-refractivity contribution in [1.29, 1.82) is 0 Å². The molecule has 2 unspecified atom stereocenters. The summed E-state index contributed by atoms with van der Waals surface area (Å²) >= 11 is 6.50. The Balaban J connectivity index is 1.51. The second-order valence-corrected chi connectivity index (χ2v) is 9.40. The average Bonchev–Trinajstić information content (AvgIpc) is 3.23. The number of fused-ring (bicyclic) bond motifs is 5. The first kappa shape index (κ1) is 20.4. The van der Waals surface area contributed by atoms with Gasteiger partial charge in [0.05, 0.1) is 22.7 Å². The van der Waals surface area contributed by atoms with Gasteiger partial charge in [-0.2, -0.15) is 0 Å². The van der Waals surface area contributed by atoms with Gasteiger partial charge in [0.15, 0.2) is 5.82 Å². The topological polar surface area (TPSA) is 104 Å². The zero-order valence-corrected chi connectivity index (χ0v) is 18.3. The highest BCUT2D eigenvalue weighted by Crippen LogP contribution is 2.47. The number of aromatic amines is 1. The van der Waals surface area contributed by atoms with E-state index in [1.165, 1.54) is 6.07 Å². The molecule has 3 N–H and O–H groups in total. The van der Waals surface area contributed by atoms with Gasteiger partial charge in [0, 0.05) is 28.6 Å². The van der Waals surface area contributed by atoms with E-state index >= 15 is 0 Å². The fourth-order valence-electron chi connectivity index (χ4n) is 5.68. The molecule has 3 aliphatic rings. The highest BCUT2D eigenvalue weighted by atomic mass is 35.5. The van der Waals surface area contributed by atoms with E-state index in [1.54, 1.807) is 12.3 Å². The molecule has 3 saturated carbocycles. The summed E-state index contributed by atoms with van der Waals surface area (Å²) in [6.45, 7) is 0. The quantitative estimate of drug-likeness (QED) is 0.379. The Morgan fingerprint density at radius 1 is 1.15 bits per heavy atom. The highest BCUT2D eigenvalue weighted by molar-refractivity contribution is 6.35. The molecule has 3 aromatic heterocycles. The van der Waals surface area contributed by atoms with Crippen molar-refractivity contribution >= 4 is 45.3 Å². The Kier molecular flexibility index (Phi) is 4.72. The minimum Gasteiger partial charge on any atom is -0.481 e. The number of anilines is 1. The largest absolute Gasteiger partial charge is 0.481 e. The highest BCUT2D eigenvalue weighted by Gasteiger charge is 2.47. The van der Waals surface area contributed by atoms with Crippen LogP contribution in [-0.2, 0) is 4.79 Å². The van der Waals surface area contributed by atoms with Crippen molar-refractivity contribution in [1.82, 2.24) is 19.9 Å². The van der Waals surface area contributed by atoms with Crippen molar-refractivity contribution in [2.75, 3.05) is 5.32 Å². The average molecular weight is 466 g/mol. The zero-order valence-electron chi connectivity index (χ0n) is 17.6. The summed E-state index contributed by atoms with van der Waals surface area (Å²) in [5.41, 5.74) is 1.68. The van der Waals surface area contributed by atoms with Gasteiger partial charge in [-0.05, 0) is 55.7 Å². The lowest BCUT2D eigenvalue weighted by Crippen LogP contribution is -2.51. The molecule has 0 amide bonds. The number of aliphatic carboxylic acids is 1. The van der Waals surface area contributed by atoms with Gasteiger partial charge in [-0.15, -0.1) is 0 Å². The minimum absolute atomic E-state index is 0.170. The first-order valence-electron chi connectivity index (χ1n) is 11.1. The van der Waals surface area contributed by atoms with Gasteiger partial charge < -0.3 is 15.4 Å². The van der Waals surface area contributed by atoms with Crippen LogP contribution in [0.15, 0.2) is 36.7 Å². The molecule has 4 aromatic rings. The van der Waals surface area contributed by atoms with E-state index < -0.39 is 17.7 Å². The number of para-hydroxylation sites is 1. The standard InChI is InChI=1S/C24H21ClFN5O2/c25-17-3-1-2-14-20(17)30-23(16-10-28-21-15(16)8-13(26)9-27-21)31-22(14)29-19-12-6-4-11(5-7-12)18(19)24(32)33/h1-3,8-12,18-19H,4-7H2,(H,27,28)(H,32,33)(H,29,30,31). The van der Waals surface area contributed by atoms with Gasteiger partial charge in [-0.25, -0.2) is 19.3 Å². The molecule has 0 saturated heterocycles. The number of carboxylic acids is 1. The summed E-state index contributed by atoms with van der Waals surface area (Å²) < 4.78 is 13.9. The predicted molar refractivity (Wildman–Crippen MR) is 124 cm³/mol. The Labute approximate surface area is 193 Å². The lowest BCUT2D eigenvalue weighted by molar-refractivity contribution is -0.148. The van der Waals surface area contributed by atoms with Gasteiger partial charge in [0.2, 0.25) is 0 Å². The molecule has 0 radical (unpaired) electrons. The van der Waals surface area contributed by atoms with Crippen LogP contribution in [0.2, 0.25) is 5.02 Å². The van der Waals surface area contributed by atoms with Crippen molar-refractivity contribution in [3.63, 3.8) is 0 Å². The van der Waals surface area contributed by atoms with E-state index in [-0.39, 0.29) is 17.9 Å². The first-order valence-corrected chi connectivity index (χ1v) is 11.5. The van der Waals surface area contributed by atoms with E-state index in [0.29, 0.717) is 38.8 Å². The molecule has 2 bridgehead atoms. The molecule has 1 aromatic carbocycles. The maximum atomic E-state index is 13.9. The molecule has 0 aliphatic heterocycles. The van der Waals surface area contributed by atoms with Crippen molar-refractivity contribution in [2.45, 2.75) is 31.7 Å². The van der Waals surface area contributed by atoms with Gasteiger partial charge >= 0.3 is 5.97 Å². The number of carboxylic acid groups (broad SMARTS) is 1. The second kappa shape index (κ2) is 7.66. The summed E-state index contributed by atoms with van der Waals surface area (Å²) in [6, 6.07) is 6.62. The number of hydrogen-bond acceptors (Lipinski definition) is 5. The summed E-state index contributed by atoms with van der Waals surface area (Å²) in [7, 11) is 0. The summed E-state index contributed by atoms with van der Waals surface area (Å²) in [5, 5.41) is 15.2. The van der Waals surface area contributed by atoms with Crippen LogP contribution in [0.5, 0.6) is 0 Å². The van der Waals surface area contributed by atoms with Crippen LogP contribution in [0, 0.1) is 23.6 Å². The normalized spacial score (nSPS) is 24.4. The van der Waals surface area contributed by atoms with Crippen LogP contribution in [0.1, 0.15) is 25.7 Å². The van der Waals surface area contributed by atoms with Crippen molar-refractivity contribution in [3.8, 4) is 11.4 Å². The number of nitrogens with one attached hydrogen (secondary N) is 2. The molecule has 7 rings (SSSR count). The number of carbonyl (C=O) groups is 1. The Morgan fingerprint density at radius 2 is 1.94 bits per heavy atom. The third-order valence-corrected chi connectivity index (χ3v) is 7.53. The van der Waals surface area contributed by atoms with Gasteiger partial charge in [-0.1, -0.05) is 17.7 Å². The van der Waals surface area contributed by atoms with E-state index in [2.05, 4.69) is 20.3 Å². The van der Waals surface area contributed by atoms with Gasteiger partial charge in [0.1, 0.15) is 17.3 Å². The van der Waals surface area contributed by atoms with Crippen molar-refractivity contribution < 1.29 is 14.3 Å². The SMILES string of the molecule is O=C(O)C1C2CCC(CC2)C1Nc1nc(-c2c[nH]c3ncc(F)cc23)nc2c(Cl)cccc12. The molecule has 3 aliphatic carbocycles. The number of H-pyrrole nitrogens is 1. The lowest BCUT2D eigenvalue weighted by atomic mass is 9.61. The molecule has 2 atom stereocenters. The molecular weight excluding hydrogens is 445 g/mol. The molecule has 7 nitrogen and oxygen atoms in total. The van der Waals surface area contributed by atoms with Crippen LogP contribution in [0.25, 0.3) is 33.3 Å². The first-order chi connectivity index (χ1) is 16.0. The number of pyridine rings is 1. The molecule has 9 heteroatoms. The molecule has 168 valence electrons. The van der Waals surface area contributed by atoms with Gasteiger partial charge in [0.25, 0.3) is 0 Å². The van der Waals surface area contributed by atoms with Crippen LogP contribution in [-0.4, -0.2) is 37.1 Å².